The maximum absolute atomic E-state index is 13.4. The second kappa shape index (κ2) is 10.6. The van der Waals surface area contributed by atoms with Gasteiger partial charge >= 0.3 is 0 Å². The molecule has 1 aliphatic carbocycles. The Labute approximate surface area is 196 Å². The van der Waals surface area contributed by atoms with Crippen molar-refractivity contribution in [3.8, 4) is 0 Å². The summed E-state index contributed by atoms with van der Waals surface area (Å²) in [6, 6.07) is 17.1. The maximum atomic E-state index is 13.4. The van der Waals surface area contributed by atoms with Crippen LogP contribution in [0.25, 0.3) is 0 Å². The van der Waals surface area contributed by atoms with E-state index in [0.29, 0.717) is 44.6 Å². The van der Waals surface area contributed by atoms with Gasteiger partial charge in [0.05, 0.1) is 12.3 Å². The highest BCUT2D eigenvalue weighted by molar-refractivity contribution is 5.95. The number of nitrogens with one attached hydrogen (secondary N) is 1. The number of hydrogen-bond acceptors (Lipinski definition) is 3. The van der Waals surface area contributed by atoms with Crippen LogP contribution in [-0.4, -0.2) is 59.7 Å². The minimum atomic E-state index is -0.188. The number of aryl methyl sites for hydroxylation is 1. The van der Waals surface area contributed by atoms with Crippen molar-refractivity contribution in [2.24, 2.45) is 5.92 Å². The lowest BCUT2D eigenvalue weighted by Gasteiger charge is -2.33. The van der Waals surface area contributed by atoms with Gasteiger partial charge < -0.3 is 15.1 Å². The van der Waals surface area contributed by atoms with Gasteiger partial charge in [0.25, 0.3) is 5.91 Å². The van der Waals surface area contributed by atoms with Crippen molar-refractivity contribution in [1.29, 1.82) is 0 Å². The number of hydrogen-bond donors (Lipinski definition) is 1. The number of amides is 3. The van der Waals surface area contributed by atoms with Gasteiger partial charge in [-0.15, -0.1) is 0 Å². The number of benzene rings is 2. The molecule has 4 rings (SSSR count). The highest BCUT2D eigenvalue weighted by Crippen LogP contribution is 2.31. The van der Waals surface area contributed by atoms with Gasteiger partial charge in [-0.25, -0.2) is 0 Å². The number of carbonyl (C=O) groups is 3. The molecule has 2 aromatic rings. The molecule has 1 aliphatic heterocycles. The minimum absolute atomic E-state index is 0.00318. The first-order valence-electron chi connectivity index (χ1n) is 12.0. The molecular weight excluding hydrogens is 414 g/mol. The molecule has 2 unspecified atom stereocenters. The van der Waals surface area contributed by atoms with Crippen LogP contribution in [0, 0.1) is 12.8 Å². The van der Waals surface area contributed by atoms with E-state index in [1.54, 1.807) is 0 Å². The van der Waals surface area contributed by atoms with Crippen LogP contribution >= 0.6 is 0 Å². The molecule has 2 fully saturated rings. The van der Waals surface area contributed by atoms with Gasteiger partial charge in [-0.1, -0.05) is 48.9 Å². The highest BCUT2D eigenvalue weighted by Gasteiger charge is 2.39. The summed E-state index contributed by atoms with van der Waals surface area (Å²) in [4.78, 5) is 43.2. The lowest BCUT2D eigenvalue weighted by molar-refractivity contribution is -0.131. The van der Waals surface area contributed by atoms with E-state index in [9.17, 15) is 14.4 Å². The second-order valence-corrected chi connectivity index (χ2v) is 9.10. The molecule has 1 heterocycles. The van der Waals surface area contributed by atoms with Crippen LogP contribution in [0.3, 0.4) is 0 Å². The Hall–Kier alpha value is -3.15. The molecule has 6 nitrogen and oxygen atoms in total. The maximum Gasteiger partial charge on any atom is 0.254 e. The van der Waals surface area contributed by atoms with Gasteiger partial charge in [0.1, 0.15) is 0 Å². The van der Waals surface area contributed by atoms with Crippen LogP contribution in [0.1, 0.15) is 47.2 Å². The molecule has 0 radical (unpaired) electrons. The van der Waals surface area contributed by atoms with Crippen LogP contribution in [-0.2, 0) is 16.0 Å². The Bertz CT molecular complexity index is 991. The van der Waals surface area contributed by atoms with Crippen molar-refractivity contribution < 1.29 is 14.4 Å². The van der Waals surface area contributed by atoms with E-state index in [1.807, 2.05) is 71.3 Å². The zero-order valence-corrected chi connectivity index (χ0v) is 19.3. The monoisotopic (exact) mass is 447 g/mol. The van der Waals surface area contributed by atoms with Crippen molar-refractivity contribution in [3.05, 3.63) is 71.3 Å². The van der Waals surface area contributed by atoms with Crippen LogP contribution in [0.5, 0.6) is 0 Å². The van der Waals surface area contributed by atoms with E-state index < -0.39 is 0 Å². The third-order valence-corrected chi connectivity index (χ3v) is 6.96. The van der Waals surface area contributed by atoms with Crippen LogP contribution < -0.4 is 5.32 Å². The van der Waals surface area contributed by atoms with E-state index in [1.165, 1.54) is 0 Å². The van der Waals surface area contributed by atoms with Crippen LogP contribution in [0.2, 0.25) is 0 Å². The zero-order chi connectivity index (χ0) is 23.2. The SMILES string of the molecule is Cc1ccccc1CC(=O)N1CCCN(C(=O)c2ccccc2)C2CCCC2C(=O)NCC1. The molecule has 2 aromatic carbocycles. The predicted molar refractivity (Wildman–Crippen MR) is 128 cm³/mol. The summed E-state index contributed by atoms with van der Waals surface area (Å²) in [7, 11) is 0. The van der Waals surface area contributed by atoms with Crippen LogP contribution in [0.15, 0.2) is 54.6 Å². The predicted octanol–water partition coefficient (Wildman–Crippen LogP) is 3.20. The summed E-state index contributed by atoms with van der Waals surface area (Å²) < 4.78 is 0. The van der Waals surface area contributed by atoms with E-state index >= 15 is 0 Å². The Balaban J connectivity index is 1.52. The van der Waals surface area contributed by atoms with Gasteiger partial charge in [-0.2, -0.15) is 0 Å². The normalized spacial score (nSPS) is 21.7. The molecule has 3 amide bonds. The Kier molecular flexibility index (Phi) is 7.43. The molecule has 6 heteroatoms. The first-order valence-corrected chi connectivity index (χ1v) is 12.0. The van der Waals surface area contributed by atoms with Crippen molar-refractivity contribution >= 4 is 17.7 Å². The summed E-state index contributed by atoms with van der Waals surface area (Å²) in [5.74, 6) is -0.167. The third kappa shape index (κ3) is 5.44. The zero-order valence-electron chi connectivity index (χ0n) is 19.3. The molecule has 2 aliphatic rings. The lowest BCUT2D eigenvalue weighted by Crippen LogP contribution is -2.47. The molecule has 174 valence electrons. The average molecular weight is 448 g/mol. The third-order valence-electron chi connectivity index (χ3n) is 6.96. The van der Waals surface area contributed by atoms with Crippen molar-refractivity contribution in [1.82, 2.24) is 15.1 Å². The molecule has 0 aromatic heterocycles. The van der Waals surface area contributed by atoms with Gasteiger partial charge in [0.2, 0.25) is 11.8 Å². The molecule has 1 saturated carbocycles. The van der Waals surface area contributed by atoms with Crippen molar-refractivity contribution in [3.63, 3.8) is 0 Å². The smallest absolute Gasteiger partial charge is 0.254 e. The molecule has 1 N–H and O–H groups in total. The molecule has 0 bridgehead atoms. The van der Waals surface area contributed by atoms with Gasteiger partial charge in [0.15, 0.2) is 0 Å². The Morgan fingerprint density at radius 2 is 1.70 bits per heavy atom. The average Bonchev–Trinajstić information content (AvgIpc) is 3.30. The molecule has 1 saturated heterocycles. The number of fused-ring (bicyclic) bond motifs is 1. The summed E-state index contributed by atoms with van der Waals surface area (Å²) in [5, 5.41) is 3.04. The lowest BCUT2D eigenvalue weighted by atomic mass is 9.99. The molecule has 0 spiro atoms. The number of nitrogens with zero attached hydrogens (tertiary/aromatic N) is 2. The fourth-order valence-electron chi connectivity index (χ4n) is 5.11. The van der Waals surface area contributed by atoms with Gasteiger partial charge in [-0.05, 0) is 49.4 Å². The topological polar surface area (TPSA) is 69.7 Å². The first kappa shape index (κ1) is 23.0. The Morgan fingerprint density at radius 1 is 0.939 bits per heavy atom. The minimum Gasteiger partial charge on any atom is -0.354 e. The number of carbonyl (C=O) groups excluding carboxylic acids is 3. The van der Waals surface area contributed by atoms with Crippen molar-refractivity contribution in [2.45, 2.75) is 45.1 Å². The van der Waals surface area contributed by atoms with Crippen LogP contribution in [0.4, 0.5) is 0 Å². The van der Waals surface area contributed by atoms with Gasteiger partial charge in [0, 0.05) is 37.8 Å². The van der Waals surface area contributed by atoms with Gasteiger partial charge in [-0.3, -0.25) is 14.4 Å². The first-order chi connectivity index (χ1) is 16.0. The van der Waals surface area contributed by atoms with Crippen molar-refractivity contribution in [2.75, 3.05) is 26.2 Å². The number of rotatable bonds is 3. The fourth-order valence-corrected chi connectivity index (χ4v) is 5.11. The quantitative estimate of drug-likeness (QED) is 0.786. The molecular formula is C27H33N3O3. The largest absolute Gasteiger partial charge is 0.354 e. The summed E-state index contributed by atoms with van der Waals surface area (Å²) in [6.07, 6.45) is 3.62. The fraction of sp³-hybridized carbons (Fsp3) is 0.444. The summed E-state index contributed by atoms with van der Waals surface area (Å²) >= 11 is 0. The molecule has 2 atom stereocenters. The Morgan fingerprint density at radius 3 is 2.48 bits per heavy atom. The second-order valence-electron chi connectivity index (χ2n) is 9.10. The highest BCUT2D eigenvalue weighted by atomic mass is 16.2. The molecule has 33 heavy (non-hydrogen) atoms. The van der Waals surface area contributed by atoms with E-state index in [-0.39, 0.29) is 29.7 Å². The summed E-state index contributed by atoms with van der Waals surface area (Å²) in [5.41, 5.74) is 2.77. The standard InChI is InChI=1S/C27H33N3O3/c1-20-9-5-6-12-22(20)19-25(31)29-16-8-17-30(27(33)21-10-3-2-4-11-21)24-14-7-13-23(24)26(32)28-15-18-29/h2-6,9-12,23-24H,7-8,13-19H2,1H3,(H,28,32). The van der Waals surface area contributed by atoms with E-state index in [4.69, 9.17) is 0 Å². The van der Waals surface area contributed by atoms with E-state index in [0.717, 1.165) is 30.4 Å². The van der Waals surface area contributed by atoms with E-state index in [2.05, 4.69) is 5.32 Å². The summed E-state index contributed by atoms with van der Waals surface area (Å²) in [6.45, 7) is 4.04.